The second kappa shape index (κ2) is 11.4. The van der Waals surface area contributed by atoms with Crippen molar-refractivity contribution in [2.24, 2.45) is 0 Å². The Morgan fingerprint density at radius 1 is 1.26 bits per heavy atom. The molecule has 2 aromatic rings. The second-order valence-electron chi connectivity index (χ2n) is 8.75. The summed E-state index contributed by atoms with van der Waals surface area (Å²) in [5.74, 6) is -2.92. The first-order chi connectivity index (χ1) is 16.5. The number of aryl methyl sites for hydroxylation is 2. The molecule has 1 saturated carbocycles. The predicted molar refractivity (Wildman–Crippen MR) is 123 cm³/mol. The van der Waals surface area contributed by atoms with Crippen molar-refractivity contribution in [1.29, 1.82) is 0 Å². The maximum absolute atomic E-state index is 12.7. The normalized spacial score (nSPS) is 22.8. The van der Waals surface area contributed by atoms with Gasteiger partial charge in [0.2, 0.25) is 0 Å². The van der Waals surface area contributed by atoms with Crippen LogP contribution >= 0.6 is 11.3 Å². The molecule has 8 nitrogen and oxygen atoms in total. The minimum atomic E-state index is -5.08. The summed E-state index contributed by atoms with van der Waals surface area (Å²) in [4.78, 5) is 35.3. The minimum absolute atomic E-state index is 0.00437. The van der Waals surface area contributed by atoms with Crippen LogP contribution in [0.15, 0.2) is 24.5 Å². The molecule has 2 fully saturated rings. The van der Waals surface area contributed by atoms with Crippen LogP contribution in [0.1, 0.15) is 51.6 Å². The van der Waals surface area contributed by atoms with E-state index >= 15 is 0 Å². The third-order valence-electron chi connectivity index (χ3n) is 6.00. The van der Waals surface area contributed by atoms with Gasteiger partial charge >= 0.3 is 12.1 Å². The SMILES string of the molecule is Cc1cnc(C(=O)NC2CCCCC23CN(Cc2ccc(C)s2)CCO3)cn1.O=C(O)C(F)(F)F. The average Bonchev–Trinajstić information content (AvgIpc) is 3.20. The van der Waals surface area contributed by atoms with E-state index in [9.17, 15) is 18.0 Å². The Kier molecular flexibility index (Phi) is 8.84. The molecule has 35 heavy (non-hydrogen) atoms. The number of rotatable bonds is 4. The fourth-order valence-corrected chi connectivity index (χ4v) is 5.26. The standard InChI is InChI=1S/C21H28N4O2S.C2HF3O2/c1-15-11-23-18(12-22-15)20(26)24-19-5-3-4-8-21(19)14-25(9-10-27-21)13-17-7-6-16(2)28-17;3-2(4,5)1(6)7/h6-7,11-12,19H,3-5,8-10,13-14H2,1-2H3,(H,24,26);(H,6,7). The summed E-state index contributed by atoms with van der Waals surface area (Å²) in [5.41, 5.74) is 0.866. The van der Waals surface area contributed by atoms with Crippen molar-refractivity contribution in [3.8, 4) is 0 Å². The van der Waals surface area contributed by atoms with Crippen molar-refractivity contribution in [3.05, 3.63) is 45.7 Å². The summed E-state index contributed by atoms with van der Waals surface area (Å²) in [6.07, 6.45) is 2.28. The number of nitrogens with one attached hydrogen (secondary N) is 1. The molecule has 12 heteroatoms. The van der Waals surface area contributed by atoms with Gasteiger partial charge < -0.3 is 15.2 Å². The van der Waals surface area contributed by atoms with Crippen molar-refractivity contribution >= 4 is 23.2 Å². The molecule has 2 unspecified atom stereocenters. The molecule has 1 saturated heterocycles. The first kappa shape index (κ1) is 27.0. The summed E-state index contributed by atoms with van der Waals surface area (Å²) in [6.45, 7) is 7.46. The van der Waals surface area contributed by atoms with Crippen molar-refractivity contribution in [3.63, 3.8) is 0 Å². The lowest BCUT2D eigenvalue weighted by Crippen LogP contribution is -2.63. The number of hydrogen-bond donors (Lipinski definition) is 2. The quantitative estimate of drug-likeness (QED) is 0.641. The highest BCUT2D eigenvalue weighted by Crippen LogP contribution is 2.36. The smallest absolute Gasteiger partial charge is 0.475 e. The molecule has 0 radical (unpaired) electrons. The van der Waals surface area contributed by atoms with Crippen molar-refractivity contribution in [1.82, 2.24) is 20.2 Å². The maximum atomic E-state index is 12.7. The molecule has 2 aromatic heterocycles. The molecule has 2 N–H and O–H groups in total. The van der Waals surface area contributed by atoms with Crippen LogP contribution in [-0.2, 0) is 16.1 Å². The molecule has 0 aromatic carbocycles. The zero-order valence-electron chi connectivity index (χ0n) is 19.6. The van der Waals surface area contributed by atoms with E-state index in [-0.39, 0.29) is 17.6 Å². The lowest BCUT2D eigenvalue weighted by molar-refractivity contribution is -0.192. The van der Waals surface area contributed by atoms with E-state index in [4.69, 9.17) is 14.6 Å². The molecule has 2 atom stereocenters. The average molecular weight is 515 g/mol. The highest BCUT2D eigenvalue weighted by atomic mass is 32.1. The van der Waals surface area contributed by atoms with E-state index in [1.54, 1.807) is 12.4 Å². The Balaban J connectivity index is 0.000000429. The fraction of sp³-hybridized carbons (Fsp3) is 0.565. The summed E-state index contributed by atoms with van der Waals surface area (Å²) >= 11 is 1.86. The van der Waals surface area contributed by atoms with Gasteiger partial charge in [0.1, 0.15) is 11.3 Å². The number of halogens is 3. The lowest BCUT2D eigenvalue weighted by atomic mass is 9.78. The van der Waals surface area contributed by atoms with Crippen LogP contribution in [0.5, 0.6) is 0 Å². The Morgan fingerprint density at radius 3 is 2.60 bits per heavy atom. The number of aliphatic carboxylic acids is 1. The Bertz CT molecular complexity index is 1010. The maximum Gasteiger partial charge on any atom is 0.490 e. The number of hydrogen-bond acceptors (Lipinski definition) is 7. The Morgan fingerprint density at radius 2 is 2.00 bits per heavy atom. The van der Waals surface area contributed by atoms with Gasteiger partial charge in [0, 0.05) is 35.6 Å². The molecular weight excluding hydrogens is 485 g/mol. The molecule has 1 amide bonds. The summed E-state index contributed by atoms with van der Waals surface area (Å²) in [7, 11) is 0. The molecule has 3 heterocycles. The van der Waals surface area contributed by atoms with Crippen LogP contribution in [0.4, 0.5) is 13.2 Å². The lowest BCUT2D eigenvalue weighted by Gasteiger charge is -2.49. The van der Waals surface area contributed by atoms with Gasteiger partial charge in [0.25, 0.3) is 5.91 Å². The highest BCUT2D eigenvalue weighted by Gasteiger charge is 2.46. The van der Waals surface area contributed by atoms with Gasteiger partial charge in [-0.2, -0.15) is 13.2 Å². The molecule has 1 aliphatic heterocycles. The zero-order chi connectivity index (χ0) is 25.6. The van der Waals surface area contributed by atoms with Crippen LogP contribution < -0.4 is 5.32 Å². The molecule has 1 spiro atoms. The number of carboxylic acid groups (broad SMARTS) is 1. The summed E-state index contributed by atoms with van der Waals surface area (Å²) < 4.78 is 38.1. The number of nitrogens with zero attached hydrogens (tertiary/aromatic N) is 3. The van der Waals surface area contributed by atoms with Gasteiger partial charge in [-0.05, 0) is 38.8 Å². The number of alkyl halides is 3. The Labute approximate surface area is 205 Å². The van der Waals surface area contributed by atoms with Gasteiger partial charge in [-0.25, -0.2) is 9.78 Å². The molecule has 2 aliphatic rings. The van der Waals surface area contributed by atoms with Gasteiger partial charge in [-0.3, -0.25) is 14.7 Å². The summed E-state index contributed by atoms with van der Waals surface area (Å²) in [5, 5.41) is 10.3. The number of ether oxygens (including phenoxy) is 1. The van der Waals surface area contributed by atoms with E-state index in [1.807, 2.05) is 18.3 Å². The number of carbonyl (C=O) groups excluding carboxylic acids is 1. The van der Waals surface area contributed by atoms with Gasteiger partial charge in [-0.1, -0.05) is 12.8 Å². The van der Waals surface area contributed by atoms with Crippen molar-refractivity contribution in [2.75, 3.05) is 19.7 Å². The molecular formula is C23H29F3N4O4S. The minimum Gasteiger partial charge on any atom is -0.475 e. The first-order valence-electron chi connectivity index (χ1n) is 11.3. The molecule has 4 rings (SSSR count). The van der Waals surface area contributed by atoms with E-state index < -0.39 is 12.1 Å². The molecule has 0 bridgehead atoms. The second-order valence-corrected chi connectivity index (χ2v) is 10.1. The third-order valence-corrected chi connectivity index (χ3v) is 6.99. The van der Waals surface area contributed by atoms with Gasteiger partial charge in [0.15, 0.2) is 0 Å². The van der Waals surface area contributed by atoms with Crippen LogP contribution in [0.25, 0.3) is 0 Å². The van der Waals surface area contributed by atoms with E-state index in [0.717, 1.165) is 51.0 Å². The van der Waals surface area contributed by atoms with Crippen molar-refractivity contribution < 1.29 is 32.6 Å². The van der Waals surface area contributed by atoms with Crippen LogP contribution in [-0.4, -0.2) is 69.4 Å². The first-order valence-corrected chi connectivity index (χ1v) is 12.1. The van der Waals surface area contributed by atoms with Crippen LogP contribution in [0, 0.1) is 13.8 Å². The number of aromatic nitrogens is 2. The van der Waals surface area contributed by atoms with Crippen LogP contribution in [0.3, 0.4) is 0 Å². The summed E-state index contributed by atoms with van der Waals surface area (Å²) in [6, 6.07) is 4.41. The van der Waals surface area contributed by atoms with E-state index in [1.165, 1.54) is 9.75 Å². The number of amides is 1. The number of carboxylic acids is 1. The topological polar surface area (TPSA) is 105 Å². The Hall–Kier alpha value is -2.57. The van der Waals surface area contributed by atoms with Gasteiger partial charge in [-0.15, -0.1) is 11.3 Å². The molecule has 192 valence electrons. The largest absolute Gasteiger partial charge is 0.490 e. The number of carbonyl (C=O) groups is 2. The van der Waals surface area contributed by atoms with E-state index in [0.29, 0.717) is 12.3 Å². The number of thiophene rings is 1. The van der Waals surface area contributed by atoms with Gasteiger partial charge in [0.05, 0.1) is 24.5 Å². The van der Waals surface area contributed by atoms with Crippen LogP contribution in [0.2, 0.25) is 0 Å². The highest BCUT2D eigenvalue weighted by molar-refractivity contribution is 7.11. The fourth-order valence-electron chi connectivity index (χ4n) is 4.32. The van der Waals surface area contributed by atoms with E-state index in [2.05, 4.69) is 39.2 Å². The number of morpholine rings is 1. The third kappa shape index (κ3) is 7.45. The zero-order valence-corrected chi connectivity index (χ0v) is 20.4. The predicted octanol–water partition coefficient (Wildman–Crippen LogP) is 3.73. The van der Waals surface area contributed by atoms with Crippen molar-refractivity contribution in [2.45, 2.75) is 63.9 Å². The molecule has 1 aliphatic carbocycles. The monoisotopic (exact) mass is 514 g/mol.